The van der Waals surface area contributed by atoms with Crippen LogP contribution in [0, 0.1) is 11.6 Å². The predicted molar refractivity (Wildman–Crippen MR) is 84.4 cm³/mol. The number of hydrogen-bond acceptors (Lipinski definition) is 4. The molecule has 24 heavy (non-hydrogen) atoms. The van der Waals surface area contributed by atoms with Crippen LogP contribution in [0.3, 0.4) is 0 Å². The average Bonchev–Trinajstić information content (AvgIpc) is 3.02. The van der Waals surface area contributed by atoms with Crippen molar-refractivity contribution in [3.05, 3.63) is 70.0 Å². The zero-order chi connectivity index (χ0) is 17.1. The van der Waals surface area contributed by atoms with E-state index >= 15 is 0 Å². The van der Waals surface area contributed by atoms with Gasteiger partial charge in [0, 0.05) is 10.5 Å². The maximum Gasteiger partial charge on any atom is 0.254 e. The van der Waals surface area contributed by atoms with Crippen LogP contribution in [0.5, 0.6) is 0 Å². The zero-order valence-electron chi connectivity index (χ0n) is 12.1. The Kier molecular flexibility index (Phi) is 4.61. The fraction of sp³-hybridized carbons (Fsp3) is 0.0667. The molecule has 3 aromatic rings. The number of rotatable bonds is 4. The fourth-order valence-corrected chi connectivity index (χ4v) is 2.29. The van der Waals surface area contributed by atoms with E-state index in [9.17, 15) is 13.6 Å². The number of carbonyl (C=O) groups is 1. The number of halogens is 3. The van der Waals surface area contributed by atoms with Crippen LogP contribution in [0.25, 0.3) is 5.69 Å². The van der Waals surface area contributed by atoms with Gasteiger partial charge in [0.05, 0.1) is 17.8 Å². The van der Waals surface area contributed by atoms with Gasteiger partial charge in [-0.25, -0.2) is 8.78 Å². The van der Waals surface area contributed by atoms with Crippen LogP contribution in [0.2, 0.25) is 0 Å². The molecule has 6 nitrogen and oxygen atoms in total. The van der Waals surface area contributed by atoms with Crippen molar-refractivity contribution in [2.24, 2.45) is 0 Å². The highest BCUT2D eigenvalue weighted by Gasteiger charge is 2.14. The molecule has 122 valence electrons. The van der Waals surface area contributed by atoms with Gasteiger partial charge in [0.1, 0.15) is 11.6 Å². The van der Waals surface area contributed by atoms with Crippen LogP contribution in [-0.2, 0) is 6.54 Å². The molecule has 0 atom stereocenters. The van der Waals surface area contributed by atoms with Gasteiger partial charge in [0.2, 0.25) is 0 Å². The minimum atomic E-state index is -0.931. The molecule has 1 N–H and O–H groups in total. The topological polar surface area (TPSA) is 72.7 Å². The highest BCUT2D eigenvalue weighted by Crippen LogP contribution is 2.14. The van der Waals surface area contributed by atoms with Gasteiger partial charge in [-0.2, -0.15) is 4.68 Å². The number of tetrazole rings is 1. The molecule has 0 fully saturated rings. The molecule has 1 aromatic heterocycles. The number of amides is 1. The molecule has 0 radical (unpaired) electrons. The summed E-state index contributed by atoms with van der Waals surface area (Å²) in [6.07, 6.45) is 0. The van der Waals surface area contributed by atoms with Gasteiger partial charge in [-0.15, -0.1) is 5.10 Å². The molecule has 2 aromatic carbocycles. The molecular formula is C15H10BrF2N5O. The summed E-state index contributed by atoms with van der Waals surface area (Å²) in [4.78, 5) is 12.0. The fourth-order valence-electron chi connectivity index (χ4n) is 2.03. The molecule has 0 aliphatic carbocycles. The van der Waals surface area contributed by atoms with E-state index in [1.165, 1.54) is 4.68 Å². The van der Waals surface area contributed by atoms with Gasteiger partial charge in [-0.1, -0.05) is 15.9 Å². The quantitative estimate of drug-likeness (QED) is 0.739. The van der Waals surface area contributed by atoms with E-state index in [-0.39, 0.29) is 12.1 Å². The van der Waals surface area contributed by atoms with Crippen molar-refractivity contribution in [3.63, 3.8) is 0 Å². The lowest BCUT2D eigenvalue weighted by Gasteiger charge is -2.07. The minimum absolute atomic E-state index is 0.0152. The number of carbonyl (C=O) groups excluding carboxylic acids is 1. The number of hydrogen-bond donors (Lipinski definition) is 1. The van der Waals surface area contributed by atoms with Crippen molar-refractivity contribution in [1.82, 2.24) is 25.5 Å². The summed E-state index contributed by atoms with van der Waals surface area (Å²) < 4.78 is 28.8. The highest BCUT2D eigenvalue weighted by atomic mass is 79.9. The van der Waals surface area contributed by atoms with Crippen LogP contribution >= 0.6 is 15.9 Å². The molecule has 9 heteroatoms. The van der Waals surface area contributed by atoms with Crippen molar-refractivity contribution in [2.45, 2.75) is 6.54 Å². The summed E-state index contributed by atoms with van der Waals surface area (Å²) in [6, 6.07) is 10.00. The van der Waals surface area contributed by atoms with E-state index in [0.29, 0.717) is 17.6 Å². The molecule has 0 spiro atoms. The van der Waals surface area contributed by atoms with E-state index in [1.54, 1.807) is 12.1 Å². The van der Waals surface area contributed by atoms with Crippen LogP contribution in [0.15, 0.2) is 46.9 Å². The zero-order valence-corrected chi connectivity index (χ0v) is 13.7. The first kappa shape index (κ1) is 16.2. The van der Waals surface area contributed by atoms with Crippen LogP contribution in [0.4, 0.5) is 8.78 Å². The van der Waals surface area contributed by atoms with E-state index < -0.39 is 17.5 Å². The van der Waals surface area contributed by atoms with Crippen molar-refractivity contribution >= 4 is 21.8 Å². The van der Waals surface area contributed by atoms with Gasteiger partial charge in [-0.05, 0) is 46.8 Å². The number of nitrogens with one attached hydrogen (secondary N) is 1. The molecule has 0 saturated carbocycles. The summed E-state index contributed by atoms with van der Waals surface area (Å²) >= 11 is 3.33. The normalized spacial score (nSPS) is 10.6. The lowest BCUT2D eigenvalue weighted by atomic mass is 10.2. The van der Waals surface area contributed by atoms with Crippen molar-refractivity contribution in [1.29, 1.82) is 0 Å². The molecular weight excluding hydrogens is 384 g/mol. The smallest absolute Gasteiger partial charge is 0.254 e. The third-order valence-corrected chi connectivity index (χ3v) is 3.72. The second-order valence-electron chi connectivity index (χ2n) is 4.79. The van der Waals surface area contributed by atoms with Crippen molar-refractivity contribution in [3.8, 4) is 5.69 Å². The van der Waals surface area contributed by atoms with Crippen molar-refractivity contribution < 1.29 is 13.6 Å². The Bertz CT molecular complexity index is 882. The van der Waals surface area contributed by atoms with Gasteiger partial charge in [0.25, 0.3) is 5.91 Å². The second kappa shape index (κ2) is 6.83. The van der Waals surface area contributed by atoms with Crippen LogP contribution < -0.4 is 5.32 Å². The van der Waals surface area contributed by atoms with E-state index in [1.807, 2.05) is 12.1 Å². The highest BCUT2D eigenvalue weighted by molar-refractivity contribution is 9.10. The Morgan fingerprint density at radius 2 is 1.92 bits per heavy atom. The molecule has 0 aliphatic rings. The number of nitrogens with zero attached hydrogens (tertiary/aromatic N) is 4. The molecule has 0 aliphatic heterocycles. The second-order valence-corrected chi connectivity index (χ2v) is 5.71. The summed E-state index contributed by atoms with van der Waals surface area (Å²) in [6.45, 7) is -0.0152. The first-order chi connectivity index (χ1) is 11.5. The minimum Gasteiger partial charge on any atom is -0.345 e. The van der Waals surface area contributed by atoms with E-state index in [0.717, 1.165) is 16.6 Å². The number of benzene rings is 2. The Morgan fingerprint density at radius 1 is 1.17 bits per heavy atom. The standard InChI is InChI=1S/C15H10BrF2N5O/c16-9-1-4-11(5-2-9)23-14(20-21-22-23)8-19-15(24)12-6-3-10(17)7-13(12)18/h1-7H,8H2,(H,19,24). The van der Waals surface area contributed by atoms with Gasteiger partial charge < -0.3 is 5.32 Å². The summed E-state index contributed by atoms with van der Waals surface area (Å²) in [5.41, 5.74) is 0.458. The summed E-state index contributed by atoms with van der Waals surface area (Å²) in [7, 11) is 0. The van der Waals surface area contributed by atoms with E-state index in [2.05, 4.69) is 36.8 Å². The summed E-state index contributed by atoms with van der Waals surface area (Å²) in [5, 5.41) is 13.8. The molecule has 0 bridgehead atoms. The molecule has 3 rings (SSSR count). The Labute approximate surface area is 143 Å². The Hall–Kier alpha value is -2.68. The predicted octanol–water partition coefficient (Wildman–Crippen LogP) is 2.63. The SMILES string of the molecule is O=C(NCc1nnnn1-c1ccc(Br)cc1)c1ccc(F)cc1F. The number of aromatic nitrogens is 4. The maximum absolute atomic E-state index is 13.6. The Balaban J connectivity index is 1.75. The molecule has 1 heterocycles. The average molecular weight is 394 g/mol. The third kappa shape index (κ3) is 3.46. The Morgan fingerprint density at radius 3 is 2.62 bits per heavy atom. The first-order valence-electron chi connectivity index (χ1n) is 6.81. The molecule has 1 amide bonds. The van der Waals surface area contributed by atoms with Gasteiger partial charge in [0.15, 0.2) is 5.82 Å². The largest absolute Gasteiger partial charge is 0.345 e. The third-order valence-electron chi connectivity index (χ3n) is 3.19. The lowest BCUT2D eigenvalue weighted by Crippen LogP contribution is -2.25. The summed E-state index contributed by atoms with van der Waals surface area (Å²) in [5.74, 6) is -1.99. The van der Waals surface area contributed by atoms with Crippen LogP contribution in [0.1, 0.15) is 16.2 Å². The lowest BCUT2D eigenvalue weighted by molar-refractivity contribution is 0.0945. The van der Waals surface area contributed by atoms with Crippen LogP contribution in [-0.4, -0.2) is 26.1 Å². The maximum atomic E-state index is 13.6. The van der Waals surface area contributed by atoms with Gasteiger partial charge >= 0.3 is 0 Å². The molecule has 0 saturated heterocycles. The molecule has 0 unspecified atom stereocenters. The first-order valence-corrected chi connectivity index (χ1v) is 7.60. The van der Waals surface area contributed by atoms with E-state index in [4.69, 9.17) is 0 Å². The monoisotopic (exact) mass is 393 g/mol. The van der Waals surface area contributed by atoms with Crippen molar-refractivity contribution in [2.75, 3.05) is 0 Å². The van der Waals surface area contributed by atoms with Gasteiger partial charge in [-0.3, -0.25) is 4.79 Å².